The minimum absolute atomic E-state index is 0.215. The number of benzene rings is 2. The Morgan fingerprint density at radius 3 is 2.60 bits per heavy atom. The lowest BCUT2D eigenvalue weighted by atomic mass is 9.78. The van der Waals surface area contributed by atoms with Gasteiger partial charge in [0.1, 0.15) is 12.1 Å². The van der Waals surface area contributed by atoms with Crippen LogP contribution in [0, 0.1) is 13.8 Å². The van der Waals surface area contributed by atoms with Crippen LogP contribution in [0.3, 0.4) is 0 Å². The third-order valence-electron chi connectivity index (χ3n) is 6.39. The van der Waals surface area contributed by atoms with Crippen molar-refractivity contribution in [2.45, 2.75) is 51.6 Å². The van der Waals surface area contributed by atoms with E-state index >= 15 is 0 Å². The lowest BCUT2D eigenvalue weighted by Gasteiger charge is -2.32. The highest BCUT2D eigenvalue weighted by Crippen LogP contribution is 2.33. The first-order valence-corrected chi connectivity index (χ1v) is 10.4. The lowest BCUT2D eigenvalue weighted by molar-refractivity contribution is -0.135. The van der Waals surface area contributed by atoms with Gasteiger partial charge in [0.2, 0.25) is 5.91 Å². The summed E-state index contributed by atoms with van der Waals surface area (Å²) in [6.07, 6.45) is 1.74. The summed E-state index contributed by atoms with van der Waals surface area (Å²) in [5, 5.41) is 5.78. The van der Waals surface area contributed by atoms with Crippen LogP contribution in [0.15, 0.2) is 42.5 Å². The van der Waals surface area contributed by atoms with E-state index in [1.807, 2.05) is 57.2 Å². The van der Waals surface area contributed by atoms with Crippen molar-refractivity contribution >= 4 is 17.8 Å². The van der Waals surface area contributed by atoms with Gasteiger partial charge < -0.3 is 10.6 Å². The summed E-state index contributed by atoms with van der Waals surface area (Å²) in [6, 6.07) is 13.3. The summed E-state index contributed by atoms with van der Waals surface area (Å²) in [4.78, 5) is 39.4. The molecule has 2 atom stereocenters. The molecule has 1 saturated heterocycles. The number of nitrogens with one attached hydrogen (secondary N) is 2. The number of nitrogens with zero attached hydrogens (tertiary/aromatic N) is 1. The van der Waals surface area contributed by atoms with Crippen molar-refractivity contribution < 1.29 is 14.4 Å². The number of urea groups is 1. The second-order valence-electron chi connectivity index (χ2n) is 8.48. The van der Waals surface area contributed by atoms with Gasteiger partial charge in [0, 0.05) is 6.42 Å². The summed E-state index contributed by atoms with van der Waals surface area (Å²) in [7, 11) is 0. The molecule has 30 heavy (non-hydrogen) atoms. The summed E-state index contributed by atoms with van der Waals surface area (Å²) in [5.74, 6) is -0.659. The molecule has 0 bridgehead atoms. The Kier molecular flexibility index (Phi) is 5.10. The molecule has 0 saturated carbocycles. The third kappa shape index (κ3) is 3.58. The molecular weight excluding hydrogens is 378 g/mol. The molecular formula is C24H27N3O3. The Hall–Kier alpha value is -3.15. The lowest BCUT2D eigenvalue weighted by Crippen LogP contribution is -2.51. The van der Waals surface area contributed by atoms with Gasteiger partial charge >= 0.3 is 6.03 Å². The molecule has 1 spiro atoms. The minimum atomic E-state index is -0.939. The minimum Gasteiger partial charge on any atom is -0.348 e. The zero-order valence-electron chi connectivity index (χ0n) is 17.6. The molecule has 0 aromatic heterocycles. The van der Waals surface area contributed by atoms with E-state index in [1.54, 1.807) is 0 Å². The van der Waals surface area contributed by atoms with E-state index in [2.05, 4.69) is 16.7 Å². The number of aryl methyl sites for hydroxylation is 3. The fraction of sp³-hybridized carbons (Fsp3) is 0.375. The van der Waals surface area contributed by atoms with Crippen molar-refractivity contribution in [1.82, 2.24) is 15.5 Å². The fourth-order valence-electron chi connectivity index (χ4n) is 4.39. The van der Waals surface area contributed by atoms with E-state index in [-0.39, 0.29) is 24.4 Å². The standard InChI is InChI=1S/C24H27N3O3/c1-15-8-9-19(12-16(15)2)17(3)25-21(28)14-27-22(29)24(26-23(27)30)11-10-18-6-4-5-7-20(18)13-24/h4-9,12,17H,10-11,13-14H2,1-3H3,(H,25,28)(H,26,30). The van der Waals surface area contributed by atoms with Gasteiger partial charge in [0.25, 0.3) is 5.91 Å². The topological polar surface area (TPSA) is 78.5 Å². The molecule has 2 N–H and O–H groups in total. The number of fused-ring (bicyclic) bond motifs is 1. The third-order valence-corrected chi connectivity index (χ3v) is 6.39. The van der Waals surface area contributed by atoms with Gasteiger partial charge in [0.15, 0.2) is 0 Å². The van der Waals surface area contributed by atoms with Crippen LogP contribution in [0.2, 0.25) is 0 Å². The van der Waals surface area contributed by atoms with Crippen LogP contribution in [0.1, 0.15) is 47.2 Å². The molecule has 1 aliphatic heterocycles. The van der Waals surface area contributed by atoms with Crippen molar-refractivity contribution in [3.05, 3.63) is 70.3 Å². The summed E-state index contributed by atoms with van der Waals surface area (Å²) in [5.41, 5.74) is 4.68. The average molecular weight is 405 g/mol. The fourth-order valence-corrected chi connectivity index (χ4v) is 4.39. The summed E-state index contributed by atoms with van der Waals surface area (Å²) < 4.78 is 0. The molecule has 6 heteroatoms. The van der Waals surface area contributed by atoms with Crippen molar-refractivity contribution in [2.75, 3.05) is 6.54 Å². The molecule has 2 unspecified atom stereocenters. The molecule has 1 aliphatic carbocycles. The highest BCUT2D eigenvalue weighted by molar-refractivity contribution is 6.09. The predicted octanol–water partition coefficient (Wildman–Crippen LogP) is 2.96. The molecule has 6 nitrogen and oxygen atoms in total. The predicted molar refractivity (Wildman–Crippen MR) is 114 cm³/mol. The second kappa shape index (κ2) is 7.59. The van der Waals surface area contributed by atoms with Crippen LogP contribution in [0.25, 0.3) is 0 Å². The largest absolute Gasteiger partial charge is 0.348 e. The molecule has 156 valence electrons. The Morgan fingerprint density at radius 2 is 1.87 bits per heavy atom. The SMILES string of the molecule is Cc1ccc(C(C)NC(=O)CN2C(=O)NC3(CCc4ccccc4C3)C2=O)cc1C. The maximum atomic E-state index is 13.1. The van der Waals surface area contributed by atoms with Gasteiger partial charge in [-0.05, 0) is 61.4 Å². The molecule has 4 amide bonds. The molecule has 2 aliphatic rings. The number of carbonyl (C=O) groups excluding carboxylic acids is 3. The quantitative estimate of drug-likeness (QED) is 0.768. The number of amides is 4. The van der Waals surface area contributed by atoms with Crippen LogP contribution < -0.4 is 10.6 Å². The molecule has 0 radical (unpaired) electrons. The van der Waals surface area contributed by atoms with Crippen LogP contribution in [0.5, 0.6) is 0 Å². The summed E-state index contributed by atoms with van der Waals surface area (Å²) in [6.45, 7) is 5.69. The summed E-state index contributed by atoms with van der Waals surface area (Å²) >= 11 is 0. The maximum Gasteiger partial charge on any atom is 0.325 e. The number of rotatable bonds is 4. The van der Waals surface area contributed by atoms with E-state index in [9.17, 15) is 14.4 Å². The normalized spacial score (nSPS) is 21.4. The van der Waals surface area contributed by atoms with Crippen molar-refractivity contribution in [1.29, 1.82) is 0 Å². The van der Waals surface area contributed by atoms with Crippen LogP contribution in [0.4, 0.5) is 4.79 Å². The molecule has 1 fully saturated rings. The van der Waals surface area contributed by atoms with Gasteiger partial charge in [-0.15, -0.1) is 0 Å². The Bertz CT molecular complexity index is 1030. The van der Waals surface area contributed by atoms with E-state index in [0.717, 1.165) is 28.0 Å². The van der Waals surface area contributed by atoms with Crippen LogP contribution in [-0.4, -0.2) is 34.8 Å². The molecule has 2 aromatic carbocycles. The monoisotopic (exact) mass is 405 g/mol. The zero-order valence-corrected chi connectivity index (χ0v) is 17.6. The molecule has 2 aromatic rings. The van der Waals surface area contributed by atoms with Crippen LogP contribution in [-0.2, 0) is 22.4 Å². The number of hydrogen-bond donors (Lipinski definition) is 2. The van der Waals surface area contributed by atoms with E-state index in [1.165, 1.54) is 11.1 Å². The zero-order chi connectivity index (χ0) is 21.5. The van der Waals surface area contributed by atoms with Gasteiger partial charge in [-0.25, -0.2) is 4.79 Å². The number of carbonyl (C=O) groups is 3. The number of imide groups is 1. The Labute approximate surface area is 176 Å². The van der Waals surface area contributed by atoms with Crippen LogP contribution >= 0.6 is 0 Å². The highest BCUT2D eigenvalue weighted by Gasteiger charge is 2.52. The van der Waals surface area contributed by atoms with E-state index < -0.39 is 11.6 Å². The van der Waals surface area contributed by atoms with Crippen molar-refractivity contribution in [3.8, 4) is 0 Å². The van der Waals surface area contributed by atoms with Gasteiger partial charge in [0.05, 0.1) is 6.04 Å². The first-order chi connectivity index (χ1) is 14.3. The van der Waals surface area contributed by atoms with E-state index in [0.29, 0.717) is 12.8 Å². The second-order valence-corrected chi connectivity index (χ2v) is 8.48. The van der Waals surface area contributed by atoms with Gasteiger partial charge in [-0.1, -0.05) is 42.5 Å². The molecule has 1 heterocycles. The van der Waals surface area contributed by atoms with Crippen molar-refractivity contribution in [2.24, 2.45) is 0 Å². The smallest absolute Gasteiger partial charge is 0.325 e. The molecule has 4 rings (SSSR count). The Balaban J connectivity index is 1.43. The van der Waals surface area contributed by atoms with Crippen molar-refractivity contribution in [3.63, 3.8) is 0 Å². The number of hydrogen-bond acceptors (Lipinski definition) is 3. The highest BCUT2D eigenvalue weighted by atomic mass is 16.2. The Morgan fingerprint density at radius 1 is 1.13 bits per heavy atom. The van der Waals surface area contributed by atoms with Gasteiger partial charge in [-0.2, -0.15) is 0 Å². The first kappa shape index (κ1) is 20.1. The van der Waals surface area contributed by atoms with E-state index in [4.69, 9.17) is 0 Å². The average Bonchev–Trinajstić information content (AvgIpc) is 2.93. The van der Waals surface area contributed by atoms with Gasteiger partial charge in [-0.3, -0.25) is 14.5 Å². The first-order valence-electron chi connectivity index (χ1n) is 10.4. The maximum absolute atomic E-state index is 13.1.